The van der Waals surface area contributed by atoms with Crippen LogP contribution in [0.15, 0.2) is 30.5 Å². The zero-order valence-corrected chi connectivity index (χ0v) is 12.5. The smallest absolute Gasteiger partial charge is 0.494 e. The maximum absolute atomic E-state index is 13.4. The summed E-state index contributed by atoms with van der Waals surface area (Å²) in [6, 6.07) is 6.49. The zero-order chi connectivity index (χ0) is 15.4. The van der Waals surface area contributed by atoms with Crippen LogP contribution < -0.4 is 10.2 Å². The van der Waals surface area contributed by atoms with Crippen molar-refractivity contribution in [2.45, 2.75) is 38.9 Å². The van der Waals surface area contributed by atoms with E-state index in [1.165, 1.54) is 6.07 Å². The Labute approximate surface area is 123 Å². The summed E-state index contributed by atoms with van der Waals surface area (Å²) in [5.41, 5.74) is 0.309. The normalized spacial score (nSPS) is 20.1. The van der Waals surface area contributed by atoms with E-state index < -0.39 is 24.1 Å². The van der Waals surface area contributed by atoms with Gasteiger partial charge in [-0.3, -0.25) is 0 Å². The topological polar surface area (TPSA) is 45.4 Å². The molecule has 110 valence electrons. The van der Waals surface area contributed by atoms with Crippen molar-refractivity contribution in [3.05, 3.63) is 41.5 Å². The number of nitrogens with zero attached hydrogens (tertiary/aromatic N) is 1. The molecule has 0 spiro atoms. The van der Waals surface area contributed by atoms with E-state index in [0.29, 0.717) is 15.6 Å². The standard InChI is InChI=1S/C15H17BFNO3/c1-14(2)15(3,4)21-16(20-14)11-5-6-13-10(7-11)8-12(17)9-18(13)19/h5-9H,1-4H3. The van der Waals surface area contributed by atoms with Gasteiger partial charge in [0, 0.05) is 6.07 Å². The third-order valence-corrected chi connectivity index (χ3v) is 4.35. The van der Waals surface area contributed by atoms with Gasteiger partial charge in [0.25, 0.3) is 0 Å². The predicted octanol–water partition coefficient (Wildman–Crippen LogP) is 1.91. The van der Waals surface area contributed by atoms with Gasteiger partial charge in [0.15, 0.2) is 5.82 Å². The van der Waals surface area contributed by atoms with Crippen LogP contribution in [0.4, 0.5) is 4.39 Å². The van der Waals surface area contributed by atoms with Gasteiger partial charge in [-0.25, -0.2) is 4.39 Å². The van der Waals surface area contributed by atoms with Crippen molar-refractivity contribution in [3.8, 4) is 0 Å². The summed E-state index contributed by atoms with van der Waals surface area (Å²) in [5.74, 6) is -0.566. The lowest BCUT2D eigenvalue weighted by Gasteiger charge is -2.32. The molecule has 2 heterocycles. The second-order valence-corrected chi connectivity index (χ2v) is 6.39. The summed E-state index contributed by atoms with van der Waals surface area (Å²) in [4.78, 5) is 0. The molecular formula is C15H17BFNO3. The summed E-state index contributed by atoms with van der Waals surface area (Å²) in [6.07, 6.45) is 0.913. The van der Waals surface area contributed by atoms with Crippen LogP contribution in [0.1, 0.15) is 27.7 Å². The lowest BCUT2D eigenvalue weighted by molar-refractivity contribution is -0.578. The quantitative estimate of drug-likeness (QED) is 0.457. The molecule has 1 fully saturated rings. The van der Waals surface area contributed by atoms with Crippen LogP contribution in [-0.2, 0) is 9.31 Å². The summed E-state index contributed by atoms with van der Waals surface area (Å²) >= 11 is 0. The van der Waals surface area contributed by atoms with E-state index in [9.17, 15) is 9.60 Å². The Kier molecular flexibility index (Phi) is 3.01. The molecule has 1 aliphatic heterocycles. The third-order valence-electron chi connectivity index (χ3n) is 4.35. The molecule has 0 saturated carbocycles. The van der Waals surface area contributed by atoms with Gasteiger partial charge in [-0.05, 0) is 45.3 Å². The predicted molar refractivity (Wildman–Crippen MR) is 78.6 cm³/mol. The molecule has 1 aromatic carbocycles. The van der Waals surface area contributed by atoms with Crippen LogP contribution in [0.2, 0.25) is 0 Å². The minimum absolute atomic E-state index is 0.414. The number of fused-ring (bicyclic) bond motifs is 1. The first-order valence-electron chi connectivity index (χ1n) is 6.88. The highest BCUT2D eigenvalue weighted by atomic mass is 19.1. The molecule has 0 radical (unpaired) electrons. The van der Waals surface area contributed by atoms with E-state index in [0.717, 1.165) is 11.7 Å². The number of halogens is 1. The van der Waals surface area contributed by atoms with E-state index in [1.807, 2.05) is 27.7 Å². The van der Waals surface area contributed by atoms with Crippen molar-refractivity contribution in [1.82, 2.24) is 0 Å². The number of benzene rings is 1. The van der Waals surface area contributed by atoms with Crippen LogP contribution in [0.5, 0.6) is 0 Å². The number of hydrogen-bond acceptors (Lipinski definition) is 3. The molecule has 6 heteroatoms. The molecule has 21 heavy (non-hydrogen) atoms. The van der Waals surface area contributed by atoms with Crippen LogP contribution in [0.25, 0.3) is 10.9 Å². The third kappa shape index (κ3) is 2.28. The summed E-state index contributed by atoms with van der Waals surface area (Å²) in [5, 5.41) is 12.2. The number of pyridine rings is 1. The number of hydrogen-bond donors (Lipinski definition) is 0. The number of rotatable bonds is 1. The maximum atomic E-state index is 13.4. The van der Waals surface area contributed by atoms with E-state index >= 15 is 0 Å². The first-order valence-corrected chi connectivity index (χ1v) is 6.88. The van der Waals surface area contributed by atoms with E-state index in [2.05, 4.69) is 0 Å². The van der Waals surface area contributed by atoms with Gasteiger partial charge in [0.05, 0.1) is 16.6 Å². The molecular weight excluding hydrogens is 272 g/mol. The second kappa shape index (κ2) is 4.42. The zero-order valence-electron chi connectivity index (χ0n) is 12.5. The molecule has 1 aliphatic rings. The van der Waals surface area contributed by atoms with Gasteiger partial charge in [0.1, 0.15) is 0 Å². The molecule has 0 atom stereocenters. The summed E-state index contributed by atoms with van der Waals surface area (Å²) in [6.45, 7) is 7.89. The van der Waals surface area contributed by atoms with Gasteiger partial charge in [-0.2, -0.15) is 4.73 Å². The highest BCUT2D eigenvalue weighted by Gasteiger charge is 2.51. The maximum Gasteiger partial charge on any atom is 0.494 e. The highest BCUT2D eigenvalue weighted by molar-refractivity contribution is 6.62. The van der Waals surface area contributed by atoms with Gasteiger partial charge in [0.2, 0.25) is 11.7 Å². The molecule has 2 aromatic rings. The SMILES string of the molecule is CC1(C)OB(c2ccc3c(cc(F)c[n+]3[O-])c2)OC1(C)C. The Bertz CT molecular complexity index is 701. The van der Waals surface area contributed by atoms with E-state index in [-0.39, 0.29) is 0 Å². The fraction of sp³-hybridized carbons (Fsp3) is 0.400. The van der Waals surface area contributed by atoms with Crippen molar-refractivity contribution in [2.75, 3.05) is 0 Å². The van der Waals surface area contributed by atoms with Crippen LogP contribution >= 0.6 is 0 Å². The first-order chi connectivity index (χ1) is 9.69. The van der Waals surface area contributed by atoms with Crippen molar-refractivity contribution in [2.24, 2.45) is 0 Å². The molecule has 4 nitrogen and oxygen atoms in total. The average Bonchev–Trinajstić information content (AvgIpc) is 2.57. The molecule has 3 rings (SSSR count). The van der Waals surface area contributed by atoms with Gasteiger partial charge in [-0.1, -0.05) is 6.07 Å². The van der Waals surface area contributed by atoms with Gasteiger partial charge < -0.3 is 14.5 Å². The van der Waals surface area contributed by atoms with Gasteiger partial charge in [-0.15, -0.1) is 0 Å². The Morgan fingerprint density at radius 1 is 1.10 bits per heavy atom. The molecule has 1 aromatic heterocycles. The molecule has 0 bridgehead atoms. The van der Waals surface area contributed by atoms with Crippen molar-refractivity contribution in [1.29, 1.82) is 0 Å². The first kappa shape index (κ1) is 14.3. The number of aromatic nitrogens is 1. The summed E-state index contributed by atoms with van der Waals surface area (Å²) in [7, 11) is -0.525. The monoisotopic (exact) mass is 289 g/mol. The fourth-order valence-electron chi connectivity index (χ4n) is 2.38. The van der Waals surface area contributed by atoms with E-state index in [1.54, 1.807) is 18.2 Å². The second-order valence-electron chi connectivity index (χ2n) is 6.39. The van der Waals surface area contributed by atoms with Crippen molar-refractivity contribution < 1.29 is 18.4 Å². The molecule has 0 amide bonds. The van der Waals surface area contributed by atoms with Crippen LogP contribution in [-0.4, -0.2) is 18.3 Å². The molecule has 1 saturated heterocycles. The lowest BCUT2D eigenvalue weighted by atomic mass is 9.78. The Balaban J connectivity index is 2.03. The Hall–Kier alpha value is -1.66. The Morgan fingerprint density at radius 2 is 1.71 bits per heavy atom. The largest absolute Gasteiger partial charge is 0.618 e. The minimum Gasteiger partial charge on any atom is -0.618 e. The Morgan fingerprint density at radius 3 is 2.33 bits per heavy atom. The lowest BCUT2D eigenvalue weighted by Crippen LogP contribution is -2.41. The fourth-order valence-corrected chi connectivity index (χ4v) is 2.38. The average molecular weight is 289 g/mol. The van der Waals surface area contributed by atoms with E-state index in [4.69, 9.17) is 9.31 Å². The molecule has 0 unspecified atom stereocenters. The summed E-state index contributed by atoms with van der Waals surface area (Å²) < 4.78 is 25.8. The minimum atomic E-state index is -0.566. The van der Waals surface area contributed by atoms with Crippen LogP contribution in [0, 0.1) is 11.0 Å². The van der Waals surface area contributed by atoms with Crippen molar-refractivity contribution in [3.63, 3.8) is 0 Å². The molecule has 0 N–H and O–H groups in total. The highest BCUT2D eigenvalue weighted by Crippen LogP contribution is 2.36. The molecule has 0 aliphatic carbocycles. The van der Waals surface area contributed by atoms with Crippen LogP contribution in [0.3, 0.4) is 0 Å². The van der Waals surface area contributed by atoms with Crippen molar-refractivity contribution >= 4 is 23.5 Å². The van der Waals surface area contributed by atoms with Gasteiger partial charge >= 0.3 is 7.12 Å².